The number of aromatic nitrogens is 3. The highest BCUT2D eigenvalue weighted by atomic mass is 35.5. The summed E-state index contributed by atoms with van der Waals surface area (Å²) in [5, 5.41) is 17.8. The Morgan fingerprint density at radius 3 is 2.58 bits per heavy atom. The molecule has 0 saturated carbocycles. The molecular formula is C20H19ClN4O. The lowest BCUT2D eigenvalue weighted by Crippen LogP contribution is -2.20. The fourth-order valence-electron chi connectivity index (χ4n) is 3.07. The van der Waals surface area contributed by atoms with Crippen LogP contribution in [0.4, 0.5) is 5.95 Å². The lowest BCUT2D eigenvalue weighted by Gasteiger charge is -2.24. The maximum absolute atomic E-state index is 9.07. The van der Waals surface area contributed by atoms with Gasteiger partial charge in [0, 0.05) is 23.7 Å². The van der Waals surface area contributed by atoms with Gasteiger partial charge in [0.2, 0.25) is 5.95 Å². The van der Waals surface area contributed by atoms with Crippen LogP contribution >= 0.6 is 11.6 Å². The van der Waals surface area contributed by atoms with E-state index in [1.54, 1.807) is 0 Å². The molecule has 0 radical (unpaired) electrons. The molecule has 6 heteroatoms. The first kappa shape index (κ1) is 16.8. The van der Waals surface area contributed by atoms with E-state index in [-0.39, 0.29) is 12.6 Å². The van der Waals surface area contributed by atoms with Crippen LogP contribution in [0.3, 0.4) is 0 Å². The van der Waals surface area contributed by atoms with E-state index >= 15 is 0 Å². The third-order valence-electron chi connectivity index (χ3n) is 4.36. The summed E-state index contributed by atoms with van der Waals surface area (Å²) in [5.74, 6) is 1.44. The van der Waals surface area contributed by atoms with Crippen molar-refractivity contribution in [1.29, 1.82) is 0 Å². The average molecular weight is 367 g/mol. The minimum atomic E-state index is -0.0477. The maximum Gasteiger partial charge on any atom is 0.226 e. The highest BCUT2D eigenvalue weighted by Crippen LogP contribution is 2.32. The van der Waals surface area contributed by atoms with Crippen LogP contribution in [0.25, 0.3) is 5.70 Å². The molecule has 1 atom stereocenters. The van der Waals surface area contributed by atoms with E-state index in [0.717, 1.165) is 22.6 Å². The molecule has 132 valence electrons. The van der Waals surface area contributed by atoms with Crippen molar-refractivity contribution in [2.45, 2.75) is 18.9 Å². The van der Waals surface area contributed by atoms with Gasteiger partial charge in [-0.1, -0.05) is 54.1 Å². The quantitative estimate of drug-likeness (QED) is 0.718. The van der Waals surface area contributed by atoms with Gasteiger partial charge in [-0.15, -0.1) is 0 Å². The number of anilines is 1. The number of aryl methyl sites for hydroxylation is 1. The molecule has 4 rings (SSSR count). The minimum absolute atomic E-state index is 0.0477. The fraction of sp³-hybridized carbons (Fsp3) is 0.200. The standard InChI is InChI=1S/C20H19ClN4O/c21-16-10-8-14(9-11-16)17-13-18(15-5-2-1-3-6-15)25-20(22-17)23-19(24-25)7-4-12-26/h1-3,5-6,8-11,13,18,26H,4,7,12H2,(H,22,23,24)/t18-/m1/s1. The molecule has 1 aromatic heterocycles. The molecular weight excluding hydrogens is 348 g/mol. The first-order chi connectivity index (χ1) is 12.7. The van der Waals surface area contributed by atoms with Crippen LogP contribution in [0, 0.1) is 0 Å². The number of aliphatic hydroxyl groups is 1. The van der Waals surface area contributed by atoms with Gasteiger partial charge in [-0.3, -0.25) is 0 Å². The fourth-order valence-corrected chi connectivity index (χ4v) is 3.19. The van der Waals surface area contributed by atoms with Gasteiger partial charge < -0.3 is 10.4 Å². The van der Waals surface area contributed by atoms with Crippen molar-refractivity contribution in [3.8, 4) is 0 Å². The summed E-state index contributed by atoms with van der Waals surface area (Å²) in [6, 6.07) is 17.9. The first-order valence-corrected chi connectivity index (χ1v) is 8.98. The summed E-state index contributed by atoms with van der Waals surface area (Å²) in [7, 11) is 0. The van der Waals surface area contributed by atoms with E-state index in [1.165, 1.54) is 0 Å². The Morgan fingerprint density at radius 2 is 1.85 bits per heavy atom. The molecule has 1 aliphatic rings. The zero-order valence-electron chi connectivity index (χ0n) is 14.1. The van der Waals surface area contributed by atoms with Crippen molar-refractivity contribution < 1.29 is 5.11 Å². The number of hydrogen-bond donors (Lipinski definition) is 2. The molecule has 5 nitrogen and oxygen atoms in total. The van der Waals surface area contributed by atoms with Gasteiger partial charge in [-0.05, 0) is 35.8 Å². The van der Waals surface area contributed by atoms with Crippen molar-refractivity contribution in [2.75, 3.05) is 11.9 Å². The third-order valence-corrected chi connectivity index (χ3v) is 4.62. The van der Waals surface area contributed by atoms with Gasteiger partial charge in [0.05, 0.1) is 0 Å². The molecule has 2 N–H and O–H groups in total. The Balaban J connectivity index is 1.75. The van der Waals surface area contributed by atoms with Crippen LogP contribution in [0.15, 0.2) is 60.7 Å². The van der Waals surface area contributed by atoms with Crippen molar-refractivity contribution in [3.63, 3.8) is 0 Å². The molecule has 2 aromatic carbocycles. The lowest BCUT2D eigenvalue weighted by atomic mass is 10.0. The number of allylic oxidation sites excluding steroid dienone is 1. The third kappa shape index (κ3) is 3.36. The molecule has 0 saturated heterocycles. The maximum atomic E-state index is 9.07. The highest BCUT2D eigenvalue weighted by molar-refractivity contribution is 6.30. The lowest BCUT2D eigenvalue weighted by molar-refractivity contribution is 0.287. The second-order valence-electron chi connectivity index (χ2n) is 6.19. The van der Waals surface area contributed by atoms with Gasteiger partial charge >= 0.3 is 0 Å². The van der Waals surface area contributed by atoms with Gasteiger partial charge in [0.1, 0.15) is 6.04 Å². The molecule has 0 spiro atoms. The van der Waals surface area contributed by atoms with E-state index in [1.807, 2.05) is 47.1 Å². The first-order valence-electron chi connectivity index (χ1n) is 8.60. The Morgan fingerprint density at radius 1 is 1.08 bits per heavy atom. The number of nitrogens with one attached hydrogen (secondary N) is 1. The van der Waals surface area contributed by atoms with Gasteiger partial charge in [0.15, 0.2) is 5.82 Å². The molecule has 0 aliphatic carbocycles. The smallest absolute Gasteiger partial charge is 0.226 e. The summed E-state index contributed by atoms with van der Waals surface area (Å²) in [6.07, 6.45) is 3.45. The van der Waals surface area contributed by atoms with Crippen LogP contribution in [-0.4, -0.2) is 26.5 Å². The molecule has 2 heterocycles. The minimum Gasteiger partial charge on any atom is -0.396 e. The normalized spacial score (nSPS) is 15.9. The molecule has 26 heavy (non-hydrogen) atoms. The Labute approximate surface area is 157 Å². The van der Waals surface area contributed by atoms with E-state index < -0.39 is 0 Å². The summed E-state index contributed by atoms with van der Waals surface area (Å²) < 4.78 is 1.90. The van der Waals surface area contributed by atoms with Crippen LogP contribution in [-0.2, 0) is 6.42 Å². The number of rotatable bonds is 5. The number of hydrogen-bond acceptors (Lipinski definition) is 4. The van der Waals surface area contributed by atoms with E-state index in [2.05, 4.69) is 33.6 Å². The molecule has 0 fully saturated rings. The zero-order valence-corrected chi connectivity index (χ0v) is 14.9. The van der Waals surface area contributed by atoms with Gasteiger partial charge in [0.25, 0.3) is 0 Å². The van der Waals surface area contributed by atoms with Crippen molar-refractivity contribution in [3.05, 3.63) is 82.6 Å². The number of benzene rings is 2. The zero-order chi connectivity index (χ0) is 17.9. The molecule has 1 aliphatic heterocycles. The highest BCUT2D eigenvalue weighted by Gasteiger charge is 2.25. The molecule has 0 unspecified atom stereocenters. The largest absolute Gasteiger partial charge is 0.396 e. The second-order valence-corrected chi connectivity index (χ2v) is 6.63. The summed E-state index contributed by atoms with van der Waals surface area (Å²) >= 11 is 6.02. The Bertz CT molecular complexity index is 919. The average Bonchev–Trinajstić information content (AvgIpc) is 3.09. The van der Waals surface area contributed by atoms with Crippen LogP contribution in [0.1, 0.15) is 29.4 Å². The Kier molecular flexibility index (Phi) is 4.73. The van der Waals surface area contributed by atoms with E-state index in [0.29, 0.717) is 23.8 Å². The number of aliphatic hydroxyl groups excluding tert-OH is 1. The molecule has 3 aromatic rings. The monoisotopic (exact) mass is 366 g/mol. The SMILES string of the molecule is OCCCc1nc2n(n1)[C@@H](c1ccccc1)C=C(c1ccc(Cl)cc1)N2. The van der Waals surface area contributed by atoms with Gasteiger partial charge in [-0.2, -0.15) is 10.1 Å². The number of nitrogens with zero attached hydrogens (tertiary/aromatic N) is 3. The molecule has 0 bridgehead atoms. The van der Waals surface area contributed by atoms with Crippen molar-refractivity contribution in [2.24, 2.45) is 0 Å². The second kappa shape index (κ2) is 7.32. The van der Waals surface area contributed by atoms with Gasteiger partial charge in [-0.25, -0.2) is 4.68 Å². The van der Waals surface area contributed by atoms with E-state index in [4.69, 9.17) is 16.7 Å². The van der Waals surface area contributed by atoms with Crippen LogP contribution in [0.5, 0.6) is 0 Å². The van der Waals surface area contributed by atoms with E-state index in [9.17, 15) is 0 Å². The van der Waals surface area contributed by atoms with Crippen molar-refractivity contribution in [1.82, 2.24) is 14.8 Å². The summed E-state index contributed by atoms with van der Waals surface area (Å²) in [5.41, 5.74) is 3.16. The predicted octanol–water partition coefficient (Wildman–Crippen LogP) is 3.91. The number of halogens is 1. The summed E-state index contributed by atoms with van der Waals surface area (Å²) in [6.45, 7) is 0.133. The summed E-state index contributed by atoms with van der Waals surface area (Å²) in [4.78, 5) is 4.62. The van der Waals surface area contributed by atoms with Crippen LogP contribution in [0.2, 0.25) is 5.02 Å². The topological polar surface area (TPSA) is 63.0 Å². The predicted molar refractivity (Wildman–Crippen MR) is 103 cm³/mol. The number of fused-ring (bicyclic) bond motifs is 1. The van der Waals surface area contributed by atoms with Crippen LogP contribution < -0.4 is 5.32 Å². The Hall–Kier alpha value is -2.63. The van der Waals surface area contributed by atoms with Crippen molar-refractivity contribution >= 4 is 23.2 Å². The molecule has 0 amide bonds.